The fourth-order valence-electron chi connectivity index (χ4n) is 3.05. The van der Waals surface area contributed by atoms with E-state index in [2.05, 4.69) is 18.2 Å². The molecule has 3 rings (SSSR count). The Kier molecular flexibility index (Phi) is 4.33. The van der Waals surface area contributed by atoms with Gasteiger partial charge in [-0.3, -0.25) is 4.79 Å². The summed E-state index contributed by atoms with van der Waals surface area (Å²) in [6.45, 7) is 0. The monoisotopic (exact) mass is 295 g/mol. The zero-order chi connectivity index (χ0) is 15.4. The second-order valence-corrected chi connectivity index (χ2v) is 5.64. The van der Waals surface area contributed by atoms with Crippen LogP contribution in [0, 0.1) is 5.92 Å². The van der Waals surface area contributed by atoms with E-state index in [-0.39, 0.29) is 0 Å². The molecule has 0 fully saturated rings. The van der Waals surface area contributed by atoms with Crippen LogP contribution in [0.2, 0.25) is 0 Å². The maximum Gasteiger partial charge on any atom is 0.251 e. The van der Waals surface area contributed by atoms with Crippen molar-refractivity contribution in [2.45, 2.75) is 19.3 Å². The highest BCUT2D eigenvalue weighted by Crippen LogP contribution is 2.33. The van der Waals surface area contributed by atoms with E-state index in [1.165, 1.54) is 16.7 Å². The van der Waals surface area contributed by atoms with Crippen LogP contribution < -0.4 is 5.54 Å². The Morgan fingerprint density at radius 3 is 2.55 bits per heavy atom. The summed E-state index contributed by atoms with van der Waals surface area (Å²) in [5.74, 6) is -0.945. The predicted molar refractivity (Wildman–Crippen MR) is 85.6 cm³/mol. The number of hydrogen-bond acceptors (Lipinski definition) is 1. The van der Waals surface area contributed by atoms with Gasteiger partial charge in [-0.2, -0.15) is 5.54 Å². The first-order chi connectivity index (χ1) is 10.8. The van der Waals surface area contributed by atoms with Crippen LogP contribution >= 0.6 is 0 Å². The first-order valence-electron chi connectivity index (χ1n) is 7.49. The van der Waals surface area contributed by atoms with Crippen LogP contribution in [-0.4, -0.2) is 5.91 Å². The van der Waals surface area contributed by atoms with Crippen molar-refractivity contribution < 1.29 is 9.28 Å². The van der Waals surface area contributed by atoms with Crippen LogP contribution in [0.4, 0.5) is 4.48 Å². The molecule has 0 heterocycles. The number of nitrogens with one attached hydrogen (secondary N) is 1. The van der Waals surface area contributed by atoms with Gasteiger partial charge in [0, 0.05) is 5.92 Å². The first kappa shape index (κ1) is 14.5. The Balaban J connectivity index is 1.78. The molecule has 0 radical (unpaired) electrons. The zero-order valence-corrected chi connectivity index (χ0v) is 12.3. The molecule has 0 aromatic heterocycles. The van der Waals surface area contributed by atoms with E-state index in [1.54, 1.807) is 0 Å². The molecule has 0 saturated carbocycles. The average molecular weight is 295 g/mol. The second-order valence-electron chi connectivity index (χ2n) is 5.64. The molecule has 0 saturated heterocycles. The number of allylic oxidation sites excluding steroid dienone is 2. The summed E-state index contributed by atoms with van der Waals surface area (Å²) >= 11 is 0. The minimum absolute atomic E-state index is 0.398. The Morgan fingerprint density at radius 2 is 1.77 bits per heavy atom. The van der Waals surface area contributed by atoms with Gasteiger partial charge in [0.2, 0.25) is 0 Å². The molecule has 0 bridgehead atoms. The summed E-state index contributed by atoms with van der Waals surface area (Å²) in [7, 11) is 0. The number of halogens is 1. The third-order valence-electron chi connectivity index (χ3n) is 4.19. The van der Waals surface area contributed by atoms with Crippen LogP contribution in [0.3, 0.4) is 0 Å². The molecule has 112 valence electrons. The maximum atomic E-state index is 12.7. The molecule has 22 heavy (non-hydrogen) atoms. The average Bonchev–Trinajstić information content (AvgIpc) is 2.98. The summed E-state index contributed by atoms with van der Waals surface area (Å²) in [6, 6.07) is 17.9. The molecule has 2 aromatic rings. The Hall–Kier alpha value is -2.42. The number of hydrogen-bond donors (Lipinski definition) is 1. The molecule has 1 atom stereocenters. The molecule has 3 heteroatoms. The molecule has 0 unspecified atom stereocenters. The van der Waals surface area contributed by atoms with Crippen LogP contribution in [-0.2, 0) is 17.6 Å². The predicted octanol–water partition coefficient (Wildman–Crippen LogP) is 3.88. The van der Waals surface area contributed by atoms with Gasteiger partial charge in [-0.05, 0) is 41.5 Å². The summed E-state index contributed by atoms with van der Waals surface area (Å²) < 4.78 is 12.7. The van der Waals surface area contributed by atoms with E-state index >= 15 is 0 Å². The molecule has 0 aliphatic heterocycles. The van der Waals surface area contributed by atoms with Crippen molar-refractivity contribution in [1.82, 2.24) is 5.54 Å². The van der Waals surface area contributed by atoms with Gasteiger partial charge in [-0.15, -0.1) is 4.48 Å². The molecule has 2 aromatic carbocycles. The van der Waals surface area contributed by atoms with Crippen LogP contribution in [0.15, 0.2) is 60.7 Å². The minimum Gasteiger partial charge on any atom is -0.272 e. The normalized spacial score (nSPS) is 14.1. The van der Waals surface area contributed by atoms with Crippen molar-refractivity contribution in [3.63, 3.8) is 0 Å². The Labute approximate surface area is 129 Å². The first-order valence-corrected chi connectivity index (χ1v) is 7.49. The summed E-state index contributed by atoms with van der Waals surface area (Å²) in [6.07, 6.45) is 4.13. The van der Waals surface area contributed by atoms with Crippen molar-refractivity contribution in [2.75, 3.05) is 0 Å². The lowest BCUT2D eigenvalue weighted by Gasteiger charge is -2.16. The summed E-state index contributed by atoms with van der Waals surface area (Å²) in [5, 5.41) is 0. The van der Waals surface area contributed by atoms with E-state index < -0.39 is 11.8 Å². The van der Waals surface area contributed by atoms with Gasteiger partial charge in [0.15, 0.2) is 0 Å². The van der Waals surface area contributed by atoms with Gasteiger partial charge in [-0.1, -0.05) is 60.7 Å². The molecular weight excluding hydrogens is 277 g/mol. The third kappa shape index (κ3) is 3.08. The number of fused-ring (bicyclic) bond motifs is 1. The van der Waals surface area contributed by atoms with Crippen molar-refractivity contribution in [3.05, 3.63) is 77.4 Å². The van der Waals surface area contributed by atoms with E-state index in [0.29, 0.717) is 12.8 Å². The Bertz CT molecular complexity index is 694. The number of carbonyl (C=O) groups is 1. The van der Waals surface area contributed by atoms with Gasteiger partial charge in [0.25, 0.3) is 5.91 Å². The van der Waals surface area contributed by atoms with E-state index in [9.17, 15) is 9.28 Å². The van der Waals surface area contributed by atoms with Gasteiger partial charge in [-0.25, -0.2) is 0 Å². The van der Waals surface area contributed by atoms with Crippen molar-refractivity contribution in [1.29, 1.82) is 0 Å². The van der Waals surface area contributed by atoms with E-state index in [4.69, 9.17) is 0 Å². The quantitative estimate of drug-likeness (QED) is 0.833. The van der Waals surface area contributed by atoms with Crippen molar-refractivity contribution in [3.8, 4) is 0 Å². The molecule has 1 N–H and O–H groups in total. The minimum atomic E-state index is -0.547. The van der Waals surface area contributed by atoms with Gasteiger partial charge in [0.05, 0.1) is 0 Å². The third-order valence-corrected chi connectivity index (χ3v) is 4.19. The van der Waals surface area contributed by atoms with E-state index in [1.807, 2.05) is 42.5 Å². The molecule has 1 aliphatic carbocycles. The van der Waals surface area contributed by atoms with Crippen molar-refractivity contribution in [2.24, 2.45) is 5.92 Å². The SMILES string of the molecule is O=C(NF)[C@@H](CC1=CCc2ccccc21)Cc1ccccc1. The number of rotatable bonds is 5. The molecule has 0 spiro atoms. The van der Waals surface area contributed by atoms with Crippen molar-refractivity contribution >= 4 is 11.5 Å². The largest absolute Gasteiger partial charge is 0.272 e. The lowest BCUT2D eigenvalue weighted by atomic mass is 9.90. The number of amides is 1. The highest BCUT2D eigenvalue weighted by Gasteiger charge is 2.23. The van der Waals surface area contributed by atoms with Gasteiger partial charge in [0.1, 0.15) is 0 Å². The lowest BCUT2D eigenvalue weighted by Crippen LogP contribution is -2.26. The maximum absolute atomic E-state index is 12.7. The summed E-state index contributed by atoms with van der Waals surface area (Å²) in [5.41, 5.74) is 5.96. The fraction of sp³-hybridized carbons (Fsp3) is 0.211. The molecule has 1 amide bonds. The second kappa shape index (κ2) is 6.56. The van der Waals surface area contributed by atoms with Crippen LogP contribution in [0.1, 0.15) is 23.1 Å². The van der Waals surface area contributed by atoms with Gasteiger partial charge >= 0.3 is 0 Å². The molecule has 1 aliphatic rings. The van der Waals surface area contributed by atoms with E-state index in [0.717, 1.165) is 17.6 Å². The fourth-order valence-corrected chi connectivity index (χ4v) is 3.05. The highest BCUT2D eigenvalue weighted by molar-refractivity contribution is 5.82. The molecule has 2 nitrogen and oxygen atoms in total. The topological polar surface area (TPSA) is 29.1 Å². The standard InChI is InChI=1S/C19H18FNO/c20-21-19(22)17(12-14-6-2-1-3-7-14)13-16-11-10-15-8-4-5-9-18(15)16/h1-9,11,17H,10,12-13H2,(H,21,22)/t17-/m1/s1. The highest BCUT2D eigenvalue weighted by atomic mass is 19.2. The molecular formula is C19H18FNO. The number of benzene rings is 2. The van der Waals surface area contributed by atoms with Crippen LogP contribution in [0.5, 0.6) is 0 Å². The van der Waals surface area contributed by atoms with Crippen LogP contribution in [0.25, 0.3) is 5.57 Å². The Morgan fingerprint density at radius 1 is 1.05 bits per heavy atom. The lowest BCUT2D eigenvalue weighted by molar-refractivity contribution is -0.129. The smallest absolute Gasteiger partial charge is 0.251 e. The summed E-state index contributed by atoms with van der Waals surface area (Å²) in [4.78, 5) is 11.9. The zero-order valence-electron chi connectivity index (χ0n) is 12.3. The van der Waals surface area contributed by atoms with Gasteiger partial charge < -0.3 is 0 Å². The number of carbonyl (C=O) groups excluding carboxylic acids is 1.